The highest BCUT2D eigenvalue weighted by molar-refractivity contribution is 5.71. The molecule has 1 aromatic heterocycles. The van der Waals surface area contributed by atoms with Gasteiger partial charge in [0.05, 0.1) is 11.6 Å². The van der Waals surface area contributed by atoms with Crippen LogP contribution in [0.3, 0.4) is 0 Å². The van der Waals surface area contributed by atoms with E-state index in [2.05, 4.69) is 20.8 Å². The van der Waals surface area contributed by atoms with Gasteiger partial charge in [-0.3, -0.25) is 4.79 Å². The molecular formula is C13H16N6O2. The summed E-state index contributed by atoms with van der Waals surface area (Å²) in [6, 6.07) is 9.55. The Bertz CT molecular complexity index is 614. The molecule has 2 heterocycles. The number of carboxylic acid groups (broad SMARTS) is 1. The lowest BCUT2D eigenvalue weighted by Gasteiger charge is -2.22. The van der Waals surface area contributed by atoms with Gasteiger partial charge in [0.15, 0.2) is 0 Å². The van der Waals surface area contributed by atoms with Gasteiger partial charge in [-0.1, -0.05) is 23.3 Å². The van der Waals surface area contributed by atoms with Crippen LogP contribution < -0.4 is 10.2 Å². The first-order valence-corrected chi connectivity index (χ1v) is 6.78. The number of aliphatic carboxylic acids is 1. The topological polar surface area (TPSA) is 96.2 Å². The summed E-state index contributed by atoms with van der Waals surface area (Å²) in [4.78, 5) is 13.2. The van der Waals surface area contributed by atoms with Crippen molar-refractivity contribution in [3.63, 3.8) is 0 Å². The number of aromatic nitrogens is 4. The van der Waals surface area contributed by atoms with Crippen LogP contribution in [0.5, 0.6) is 0 Å². The highest BCUT2D eigenvalue weighted by atomic mass is 16.4. The first kappa shape index (κ1) is 13.5. The van der Waals surface area contributed by atoms with E-state index in [1.165, 1.54) is 0 Å². The zero-order valence-corrected chi connectivity index (χ0v) is 11.4. The first-order chi connectivity index (χ1) is 10.3. The highest BCUT2D eigenvalue weighted by Gasteiger charge is 2.26. The molecule has 0 aliphatic carbocycles. The molecule has 8 heteroatoms. The molecule has 0 bridgehead atoms. The number of benzene rings is 1. The quantitative estimate of drug-likeness (QED) is 0.805. The smallest absolute Gasteiger partial charge is 0.309 e. The minimum absolute atomic E-state index is 0.384. The predicted molar refractivity (Wildman–Crippen MR) is 75.4 cm³/mol. The molecule has 3 rings (SSSR count). The monoisotopic (exact) mass is 288 g/mol. The lowest BCUT2D eigenvalue weighted by Crippen LogP contribution is -2.35. The summed E-state index contributed by atoms with van der Waals surface area (Å²) in [5, 5.41) is 24.2. The van der Waals surface area contributed by atoms with Crippen molar-refractivity contribution in [2.75, 3.05) is 31.1 Å². The fraction of sp³-hybridized carbons (Fsp3) is 0.385. The molecule has 0 spiro atoms. The molecule has 0 amide bonds. The molecule has 1 saturated heterocycles. The van der Waals surface area contributed by atoms with Gasteiger partial charge in [-0.15, -0.1) is 0 Å². The summed E-state index contributed by atoms with van der Waals surface area (Å²) in [6.45, 7) is 2.21. The molecular weight excluding hydrogens is 272 g/mol. The molecule has 0 radical (unpaired) electrons. The molecule has 1 aromatic carbocycles. The Kier molecular flexibility index (Phi) is 3.78. The molecule has 2 N–H and O–H groups in total. The minimum Gasteiger partial charge on any atom is -0.481 e. The van der Waals surface area contributed by atoms with Crippen LogP contribution in [0.25, 0.3) is 5.69 Å². The fourth-order valence-corrected chi connectivity index (χ4v) is 2.38. The van der Waals surface area contributed by atoms with Crippen molar-refractivity contribution in [3.8, 4) is 5.69 Å². The van der Waals surface area contributed by atoms with E-state index in [1.807, 2.05) is 35.2 Å². The van der Waals surface area contributed by atoms with Crippen LogP contribution in [0.2, 0.25) is 0 Å². The van der Waals surface area contributed by atoms with E-state index in [0.717, 1.165) is 5.69 Å². The van der Waals surface area contributed by atoms with Crippen molar-refractivity contribution in [2.24, 2.45) is 5.92 Å². The molecule has 21 heavy (non-hydrogen) atoms. The predicted octanol–water partition coefficient (Wildman–Crippen LogP) is -0.227. The van der Waals surface area contributed by atoms with Crippen LogP contribution in [-0.4, -0.2) is 57.5 Å². The van der Waals surface area contributed by atoms with Crippen molar-refractivity contribution in [2.45, 2.75) is 0 Å². The second kappa shape index (κ2) is 5.88. The Balaban J connectivity index is 1.90. The summed E-state index contributed by atoms with van der Waals surface area (Å²) < 4.78 is 1.63. The normalized spacial score (nSPS) is 19.2. The van der Waals surface area contributed by atoms with Crippen molar-refractivity contribution in [1.82, 2.24) is 25.5 Å². The lowest BCUT2D eigenvalue weighted by molar-refractivity contribution is -0.141. The molecule has 1 atom stereocenters. The van der Waals surface area contributed by atoms with E-state index in [0.29, 0.717) is 32.1 Å². The van der Waals surface area contributed by atoms with Gasteiger partial charge in [0.25, 0.3) is 0 Å². The molecule has 1 aliphatic heterocycles. The number of tetrazole rings is 1. The minimum atomic E-state index is -0.812. The van der Waals surface area contributed by atoms with E-state index in [-0.39, 0.29) is 0 Å². The number of nitrogens with one attached hydrogen (secondary N) is 1. The van der Waals surface area contributed by atoms with Gasteiger partial charge in [-0.05, 0) is 22.6 Å². The van der Waals surface area contributed by atoms with Gasteiger partial charge >= 0.3 is 5.97 Å². The third-order valence-electron chi connectivity index (χ3n) is 3.48. The van der Waals surface area contributed by atoms with Crippen molar-refractivity contribution in [1.29, 1.82) is 0 Å². The molecule has 8 nitrogen and oxygen atoms in total. The molecule has 1 unspecified atom stereocenters. The highest BCUT2D eigenvalue weighted by Crippen LogP contribution is 2.17. The summed E-state index contributed by atoms with van der Waals surface area (Å²) in [7, 11) is 0. The zero-order chi connectivity index (χ0) is 14.7. The maximum Gasteiger partial charge on any atom is 0.309 e. The number of para-hydroxylation sites is 1. The second-order valence-corrected chi connectivity index (χ2v) is 4.91. The van der Waals surface area contributed by atoms with Crippen molar-refractivity contribution in [3.05, 3.63) is 30.3 Å². The standard InChI is InChI=1S/C13H16N6O2/c20-12(21)10-8-14-6-7-18(9-10)13-15-16-17-19(13)11-4-2-1-3-5-11/h1-5,10,14H,6-9H2,(H,20,21). The van der Waals surface area contributed by atoms with Gasteiger partial charge in [-0.2, -0.15) is 4.68 Å². The van der Waals surface area contributed by atoms with Crippen LogP contribution >= 0.6 is 0 Å². The van der Waals surface area contributed by atoms with E-state index < -0.39 is 11.9 Å². The van der Waals surface area contributed by atoms with Crippen LogP contribution in [0, 0.1) is 5.92 Å². The van der Waals surface area contributed by atoms with Crippen LogP contribution in [0.4, 0.5) is 5.95 Å². The van der Waals surface area contributed by atoms with E-state index >= 15 is 0 Å². The Morgan fingerprint density at radius 1 is 1.33 bits per heavy atom. The van der Waals surface area contributed by atoms with Crippen LogP contribution in [0.1, 0.15) is 0 Å². The number of carboxylic acids is 1. The van der Waals surface area contributed by atoms with Gasteiger partial charge in [-0.25, -0.2) is 0 Å². The largest absolute Gasteiger partial charge is 0.481 e. The first-order valence-electron chi connectivity index (χ1n) is 6.78. The Hall–Kier alpha value is -2.48. The number of nitrogens with zero attached hydrogens (tertiary/aromatic N) is 5. The van der Waals surface area contributed by atoms with Crippen molar-refractivity contribution >= 4 is 11.9 Å². The Morgan fingerprint density at radius 2 is 2.14 bits per heavy atom. The van der Waals surface area contributed by atoms with Crippen molar-refractivity contribution < 1.29 is 9.90 Å². The maximum absolute atomic E-state index is 11.3. The van der Waals surface area contributed by atoms with Crippen LogP contribution in [0.15, 0.2) is 30.3 Å². The maximum atomic E-state index is 11.3. The molecule has 2 aromatic rings. The van der Waals surface area contributed by atoms with E-state index in [9.17, 15) is 9.90 Å². The SMILES string of the molecule is O=C(O)C1CNCCN(c2nnnn2-c2ccccc2)C1. The number of hydrogen-bond acceptors (Lipinski definition) is 6. The molecule has 1 fully saturated rings. The number of carbonyl (C=O) groups is 1. The van der Waals surface area contributed by atoms with Gasteiger partial charge in [0.2, 0.25) is 5.95 Å². The van der Waals surface area contributed by atoms with Gasteiger partial charge in [0.1, 0.15) is 0 Å². The third kappa shape index (κ3) is 2.84. The van der Waals surface area contributed by atoms with Crippen LogP contribution in [-0.2, 0) is 4.79 Å². The van der Waals surface area contributed by atoms with Gasteiger partial charge < -0.3 is 15.3 Å². The molecule has 110 valence electrons. The van der Waals surface area contributed by atoms with Gasteiger partial charge in [0, 0.05) is 26.2 Å². The van der Waals surface area contributed by atoms with E-state index in [1.54, 1.807) is 4.68 Å². The summed E-state index contributed by atoms with van der Waals surface area (Å²) in [5.74, 6) is -0.724. The second-order valence-electron chi connectivity index (χ2n) is 4.91. The summed E-state index contributed by atoms with van der Waals surface area (Å²) >= 11 is 0. The summed E-state index contributed by atoms with van der Waals surface area (Å²) in [5.41, 5.74) is 0.849. The average Bonchev–Trinajstić information content (AvgIpc) is 2.85. The Labute approximate surface area is 121 Å². The lowest BCUT2D eigenvalue weighted by atomic mass is 10.1. The number of hydrogen-bond donors (Lipinski definition) is 2. The third-order valence-corrected chi connectivity index (χ3v) is 3.48. The van der Waals surface area contributed by atoms with E-state index in [4.69, 9.17) is 0 Å². The number of rotatable bonds is 3. The Morgan fingerprint density at radius 3 is 2.90 bits per heavy atom. The molecule has 1 aliphatic rings. The molecule has 0 saturated carbocycles. The average molecular weight is 288 g/mol. The fourth-order valence-electron chi connectivity index (χ4n) is 2.38. The number of anilines is 1. The summed E-state index contributed by atoms with van der Waals surface area (Å²) in [6.07, 6.45) is 0. The zero-order valence-electron chi connectivity index (χ0n) is 11.4.